The Balaban J connectivity index is 2.47. The first-order valence-corrected chi connectivity index (χ1v) is 5.24. The molecule has 1 rings (SSSR count). The zero-order valence-electron chi connectivity index (χ0n) is 9.04. The van der Waals surface area contributed by atoms with E-state index in [0.29, 0.717) is 18.3 Å². The lowest BCUT2D eigenvalue weighted by atomic mass is 10.1. The second-order valence-corrected chi connectivity index (χ2v) is 3.80. The summed E-state index contributed by atoms with van der Waals surface area (Å²) in [6, 6.07) is 6.08. The van der Waals surface area contributed by atoms with Crippen molar-refractivity contribution in [1.82, 2.24) is 5.32 Å². The zero-order chi connectivity index (χ0) is 11.3. The molecule has 0 unspecified atom stereocenters. The fourth-order valence-electron chi connectivity index (χ4n) is 1.35. The summed E-state index contributed by atoms with van der Waals surface area (Å²) < 4.78 is 5.64. The molecule has 0 aliphatic carbocycles. The van der Waals surface area contributed by atoms with E-state index in [1.54, 1.807) is 0 Å². The number of benzene rings is 1. The summed E-state index contributed by atoms with van der Waals surface area (Å²) >= 11 is 4.69. The van der Waals surface area contributed by atoms with Crippen LogP contribution >= 0.6 is 12.2 Å². The van der Waals surface area contributed by atoms with Crippen LogP contribution in [0.4, 0.5) is 0 Å². The Morgan fingerprint density at radius 3 is 2.53 bits per heavy atom. The Morgan fingerprint density at radius 2 is 2.00 bits per heavy atom. The predicted octanol–water partition coefficient (Wildman–Crippen LogP) is 1.52. The van der Waals surface area contributed by atoms with Gasteiger partial charge in [0.2, 0.25) is 0 Å². The highest BCUT2D eigenvalue weighted by molar-refractivity contribution is 7.80. The number of rotatable bonds is 4. The molecule has 15 heavy (non-hydrogen) atoms. The highest BCUT2D eigenvalue weighted by Crippen LogP contribution is 2.21. The molecule has 0 bridgehead atoms. The molecule has 0 amide bonds. The lowest BCUT2D eigenvalue weighted by molar-refractivity contribution is 0.318. The molecule has 0 spiro atoms. The van der Waals surface area contributed by atoms with E-state index in [1.165, 1.54) is 0 Å². The van der Waals surface area contributed by atoms with Gasteiger partial charge in [-0.1, -0.05) is 18.2 Å². The summed E-state index contributed by atoms with van der Waals surface area (Å²) in [7, 11) is 0. The van der Waals surface area contributed by atoms with Gasteiger partial charge in [0.15, 0.2) is 5.11 Å². The first kappa shape index (κ1) is 11.8. The molecule has 0 fully saturated rings. The van der Waals surface area contributed by atoms with Gasteiger partial charge in [0.25, 0.3) is 0 Å². The van der Waals surface area contributed by atoms with E-state index in [9.17, 15) is 0 Å². The SMILES string of the molecule is Cc1cccc(C)c1OCCNC(N)=S. The van der Waals surface area contributed by atoms with Gasteiger partial charge in [0.1, 0.15) is 12.4 Å². The number of aryl methyl sites for hydroxylation is 2. The van der Waals surface area contributed by atoms with Crippen molar-refractivity contribution in [2.45, 2.75) is 13.8 Å². The van der Waals surface area contributed by atoms with Crippen LogP contribution in [0.1, 0.15) is 11.1 Å². The summed E-state index contributed by atoms with van der Waals surface area (Å²) in [4.78, 5) is 0. The van der Waals surface area contributed by atoms with E-state index in [4.69, 9.17) is 10.5 Å². The third-order valence-electron chi connectivity index (χ3n) is 2.06. The monoisotopic (exact) mass is 224 g/mol. The molecule has 0 aromatic heterocycles. The largest absolute Gasteiger partial charge is 0.491 e. The topological polar surface area (TPSA) is 47.3 Å². The zero-order valence-corrected chi connectivity index (χ0v) is 9.86. The molecule has 0 saturated carbocycles. The van der Waals surface area contributed by atoms with Gasteiger partial charge in [-0.2, -0.15) is 0 Å². The molecule has 0 aliphatic rings. The molecule has 82 valence electrons. The van der Waals surface area contributed by atoms with E-state index in [2.05, 4.69) is 17.5 Å². The average Bonchev–Trinajstić information content (AvgIpc) is 2.15. The first-order chi connectivity index (χ1) is 7.11. The number of thiocarbonyl (C=S) groups is 1. The van der Waals surface area contributed by atoms with Crippen molar-refractivity contribution in [2.24, 2.45) is 5.73 Å². The Kier molecular flexibility index (Phi) is 4.37. The Bertz CT molecular complexity index is 332. The van der Waals surface area contributed by atoms with Crippen molar-refractivity contribution in [3.8, 4) is 5.75 Å². The molecule has 3 N–H and O–H groups in total. The third kappa shape index (κ3) is 3.75. The number of hydrogen-bond acceptors (Lipinski definition) is 2. The van der Waals surface area contributed by atoms with E-state index in [0.717, 1.165) is 16.9 Å². The maximum atomic E-state index is 5.64. The Labute approximate surface area is 95.6 Å². The molecular weight excluding hydrogens is 208 g/mol. The van der Waals surface area contributed by atoms with Crippen LogP contribution in [0.15, 0.2) is 18.2 Å². The standard InChI is InChI=1S/C11H16N2OS/c1-8-4-3-5-9(2)10(8)14-7-6-13-11(12)15/h3-5H,6-7H2,1-2H3,(H3,12,13,15). The van der Waals surface area contributed by atoms with Crippen molar-refractivity contribution in [3.05, 3.63) is 29.3 Å². The lowest BCUT2D eigenvalue weighted by Gasteiger charge is -2.12. The lowest BCUT2D eigenvalue weighted by Crippen LogP contribution is -2.32. The highest BCUT2D eigenvalue weighted by atomic mass is 32.1. The Hall–Kier alpha value is -1.29. The van der Waals surface area contributed by atoms with Gasteiger partial charge in [-0.05, 0) is 37.2 Å². The summed E-state index contributed by atoms with van der Waals surface area (Å²) in [5.74, 6) is 0.947. The fraction of sp³-hybridized carbons (Fsp3) is 0.364. The van der Waals surface area contributed by atoms with Gasteiger partial charge >= 0.3 is 0 Å². The van der Waals surface area contributed by atoms with Crippen molar-refractivity contribution in [3.63, 3.8) is 0 Å². The Morgan fingerprint density at radius 1 is 1.40 bits per heavy atom. The summed E-state index contributed by atoms with van der Waals surface area (Å²) in [6.07, 6.45) is 0. The molecule has 1 aromatic rings. The van der Waals surface area contributed by atoms with Crippen molar-refractivity contribution in [1.29, 1.82) is 0 Å². The second kappa shape index (κ2) is 5.56. The second-order valence-electron chi connectivity index (χ2n) is 3.36. The maximum absolute atomic E-state index is 5.64. The van der Waals surface area contributed by atoms with Crippen LogP contribution in [0.3, 0.4) is 0 Å². The maximum Gasteiger partial charge on any atom is 0.163 e. The van der Waals surface area contributed by atoms with Gasteiger partial charge < -0.3 is 15.8 Å². The predicted molar refractivity (Wildman–Crippen MR) is 66.2 cm³/mol. The van der Waals surface area contributed by atoms with E-state index in [1.807, 2.05) is 32.0 Å². The van der Waals surface area contributed by atoms with E-state index >= 15 is 0 Å². The highest BCUT2D eigenvalue weighted by Gasteiger charge is 2.02. The quantitative estimate of drug-likeness (QED) is 0.601. The number of para-hydroxylation sites is 1. The average molecular weight is 224 g/mol. The van der Waals surface area contributed by atoms with Gasteiger partial charge in [-0.25, -0.2) is 0 Å². The van der Waals surface area contributed by atoms with Crippen molar-refractivity contribution in [2.75, 3.05) is 13.2 Å². The van der Waals surface area contributed by atoms with Crippen LogP contribution in [0.5, 0.6) is 5.75 Å². The minimum absolute atomic E-state index is 0.306. The molecule has 0 heterocycles. The van der Waals surface area contributed by atoms with E-state index < -0.39 is 0 Å². The number of hydrogen-bond donors (Lipinski definition) is 2. The van der Waals surface area contributed by atoms with Crippen LogP contribution in [-0.4, -0.2) is 18.3 Å². The number of nitrogens with two attached hydrogens (primary N) is 1. The van der Waals surface area contributed by atoms with Crippen LogP contribution in [0.25, 0.3) is 0 Å². The molecule has 0 atom stereocenters. The van der Waals surface area contributed by atoms with Crippen LogP contribution in [-0.2, 0) is 0 Å². The summed E-state index contributed by atoms with van der Waals surface area (Å²) in [6.45, 7) is 5.25. The van der Waals surface area contributed by atoms with Crippen LogP contribution in [0.2, 0.25) is 0 Å². The van der Waals surface area contributed by atoms with Gasteiger partial charge in [-0.15, -0.1) is 0 Å². The molecule has 1 aromatic carbocycles. The third-order valence-corrected chi connectivity index (χ3v) is 2.20. The van der Waals surface area contributed by atoms with Crippen LogP contribution < -0.4 is 15.8 Å². The van der Waals surface area contributed by atoms with Crippen LogP contribution in [0, 0.1) is 13.8 Å². The number of ether oxygens (including phenoxy) is 1. The fourth-order valence-corrected chi connectivity index (χ4v) is 1.46. The molecule has 0 aliphatic heterocycles. The van der Waals surface area contributed by atoms with Gasteiger partial charge in [-0.3, -0.25) is 0 Å². The first-order valence-electron chi connectivity index (χ1n) is 4.83. The minimum Gasteiger partial charge on any atom is -0.491 e. The normalized spacial score (nSPS) is 9.73. The molecule has 0 saturated heterocycles. The van der Waals surface area contributed by atoms with Crippen molar-refractivity contribution < 1.29 is 4.74 Å². The molecule has 4 heteroatoms. The molecular formula is C11H16N2OS. The minimum atomic E-state index is 0.306. The smallest absolute Gasteiger partial charge is 0.163 e. The van der Waals surface area contributed by atoms with Gasteiger partial charge in [0, 0.05) is 0 Å². The van der Waals surface area contributed by atoms with Gasteiger partial charge in [0.05, 0.1) is 6.54 Å². The number of nitrogens with one attached hydrogen (secondary N) is 1. The molecule has 3 nitrogen and oxygen atoms in total. The van der Waals surface area contributed by atoms with E-state index in [-0.39, 0.29) is 0 Å². The van der Waals surface area contributed by atoms with Crippen molar-refractivity contribution >= 4 is 17.3 Å². The molecule has 0 radical (unpaired) electrons. The summed E-state index contributed by atoms with van der Waals surface area (Å²) in [5, 5.41) is 3.14. The summed E-state index contributed by atoms with van der Waals surface area (Å²) in [5.41, 5.74) is 7.58.